The van der Waals surface area contributed by atoms with Gasteiger partial charge in [0.05, 0.1) is 18.2 Å². The number of alkyl halides is 3. The molecule has 5 nitrogen and oxygen atoms in total. The average molecular weight is 498 g/mol. The third kappa shape index (κ3) is 8.23. The van der Waals surface area contributed by atoms with Gasteiger partial charge >= 0.3 is 6.36 Å². The molecule has 1 amide bonds. The lowest BCUT2D eigenvalue weighted by Gasteiger charge is -2.27. The van der Waals surface area contributed by atoms with E-state index in [2.05, 4.69) is 31.3 Å². The molecule has 9 heteroatoms. The molecule has 166 valence electrons. The first-order chi connectivity index (χ1) is 14.6. The van der Waals surface area contributed by atoms with Crippen LogP contribution in [0.3, 0.4) is 0 Å². The van der Waals surface area contributed by atoms with Crippen LogP contribution in [-0.4, -0.2) is 24.9 Å². The number of rotatable bonds is 9. The van der Waals surface area contributed by atoms with Crippen molar-refractivity contribution < 1.29 is 22.7 Å². The van der Waals surface area contributed by atoms with Crippen LogP contribution in [0.1, 0.15) is 37.4 Å². The Bertz CT molecular complexity index is 894. The predicted molar refractivity (Wildman–Crippen MR) is 114 cm³/mol. The summed E-state index contributed by atoms with van der Waals surface area (Å²) in [5.74, 6) is -0.441. The Kier molecular flexibility index (Phi) is 8.89. The quantitative estimate of drug-likeness (QED) is 0.473. The largest absolute Gasteiger partial charge is 0.573 e. The summed E-state index contributed by atoms with van der Waals surface area (Å²) in [7, 11) is 0. The first-order valence-electron chi connectivity index (χ1n) is 9.61. The molecule has 2 aromatic carbocycles. The summed E-state index contributed by atoms with van der Waals surface area (Å²) in [5.41, 5.74) is 1.49. The van der Waals surface area contributed by atoms with Gasteiger partial charge in [-0.1, -0.05) is 54.0 Å². The van der Waals surface area contributed by atoms with Crippen molar-refractivity contribution in [3.63, 3.8) is 0 Å². The van der Waals surface area contributed by atoms with Crippen LogP contribution in [0.2, 0.25) is 0 Å². The molecular formula is C22H23BrF3N3O2. The molecule has 2 rings (SSSR count). The maximum absolute atomic E-state index is 12.6. The number of ether oxygens (including phenoxy) is 1. The highest BCUT2D eigenvalue weighted by Gasteiger charge is 2.31. The van der Waals surface area contributed by atoms with Crippen LogP contribution in [0.4, 0.5) is 13.2 Å². The van der Waals surface area contributed by atoms with E-state index in [1.54, 1.807) is 0 Å². The van der Waals surface area contributed by atoms with Crippen LogP contribution >= 0.6 is 15.9 Å². The summed E-state index contributed by atoms with van der Waals surface area (Å²) < 4.78 is 42.3. The Morgan fingerprint density at radius 3 is 2.13 bits per heavy atom. The lowest BCUT2D eigenvalue weighted by atomic mass is 9.95. The maximum Gasteiger partial charge on any atom is 0.573 e. The van der Waals surface area contributed by atoms with Gasteiger partial charge in [0.15, 0.2) is 0 Å². The number of amides is 1. The van der Waals surface area contributed by atoms with Crippen LogP contribution in [-0.2, 0) is 4.79 Å². The summed E-state index contributed by atoms with van der Waals surface area (Å²) in [4.78, 5) is 12.6. The van der Waals surface area contributed by atoms with Crippen molar-refractivity contribution in [1.29, 1.82) is 5.26 Å². The molecule has 0 fully saturated rings. The summed E-state index contributed by atoms with van der Waals surface area (Å²) in [6, 6.07) is 13.8. The molecular weight excluding hydrogens is 475 g/mol. The Hall–Kier alpha value is -2.57. The predicted octanol–water partition coefficient (Wildman–Crippen LogP) is 5.08. The molecule has 0 aromatic heterocycles. The first kappa shape index (κ1) is 24.7. The fourth-order valence-electron chi connectivity index (χ4n) is 3.08. The monoisotopic (exact) mass is 497 g/mol. The fraction of sp³-hybridized carbons (Fsp3) is 0.364. The second kappa shape index (κ2) is 11.2. The van der Waals surface area contributed by atoms with Gasteiger partial charge in [0.25, 0.3) is 0 Å². The molecule has 0 spiro atoms. The van der Waals surface area contributed by atoms with Crippen molar-refractivity contribution in [2.45, 2.75) is 38.7 Å². The van der Waals surface area contributed by atoms with E-state index >= 15 is 0 Å². The number of nitriles is 1. The molecule has 0 heterocycles. The van der Waals surface area contributed by atoms with Gasteiger partial charge in [0, 0.05) is 4.47 Å². The minimum atomic E-state index is -4.77. The second-order valence-corrected chi connectivity index (χ2v) is 8.24. The Balaban J connectivity index is 2.36. The van der Waals surface area contributed by atoms with Gasteiger partial charge in [0.2, 0.25) is 5.91 Å². The highest BCUT2D eigenvalue weighted by atomic mass is 79.9. The number of nitrogens with zero attached hydrogens (tertiary/aromatic N) is 1. The van der Waals surface area contributed by atoms with Gasteiger partial charge in [-0.2, -0.15) is 5.26 Å². The van der Waals surface area contributed by atoms with Gasteiger partial charge in [-0.05, 0) is 47.7 Å². The maximum atomic E-state index is 12.6. The number of nitrogens with one attached hydrogen (secondary N) is 2. The molecule has 2 aromatic rings. The Morgan fingerprint density at radius 1 is 1.10 bits per heavy atom. The first-order valence-corrected chi connectivity index (χ1v) is 10.4. The highest BCUT2D eigenvalue weighted by Crippen LogP contribution is 2.29. The number of carbonyl (C=O) groups excluding carboxylic acids is 1. The van der Waals surface area contributed by atoms with Crippen molar-refractivity contribution in [1.82, 2.24) is 10.6 Å². The van der Waals surface area contributed by atoms with E-state index < -0.39 is 18.4 Å². The topological polar surface area (TPSA) is 74.2 Å². The third-order valence-electron chi connectivity index (χ3n) is 4.38. The van der Waals surface area contributed by atoms with Gasteiger partial charge in [-0.15, -0.1) is 13.2 Å². The molecule has 0 aliphatic heterocycles. The fourth-order valence-corrected chi connectivity index (χ4v) is 3.34. The van der Waals surface area contributed by atoms with Gasteiger partial charge in [0.1, 0.15) is 12.3 Å². The zero-order valence-electron chi connectivity index (χ0n) is 17.0. The molecule has 0 radical (unpaired) electrons. The third-order valence-corrected chi connectivity index (χ3v) is 4.91. The summed E-state index contributed by atoms with van der Waals surface area (Å²) in [5, 5.41) is 14.7. The average Bonchev–Trinajstić information content (AvgIpc) is 2.69. The van der Waals surface area contributed by atoms with E-state index in [4.69, 9.17) is 5.26 Å². The summed E-state index contributed by atoms with van der Waals surface area (Å²) in [6.07, 6.45) is -4.26. The molecule has 0 saturated carbocycles. The van der Waals surface area contributed by atoms with Gasteiger partial charge < -0.3 is 10.1 Å². The second-order valence-electron chi connectivity index (χ2n) is 7.33. The lowest BCUT2D eigenvalue weighted by Crippen LogP contribution is -2.46. The van der Waals surface area contributed by atoms with E-state index in [1.165, 1.54) is 24.3 Å². The van der Waals surface area contributed by atoms with Crippen LogP contribution in [0.15, 0.2) is 53.0 Å². The molecule has 0 saturated heterocycles. The smallest absolute Gasteiger partial charge is 0.406 e. The summed E-state index contributed by atoms with van der Waals surface area (Å²) >= 11 is 3.39. The number of halogens is 4. The number of carbonyl (C=O) groups is 1. The highest BCUT2D eigenvalue weighted by molar-refractivity contribution is 9.10. The van der Waals surface area contributed by atoms with Crippen molar-refractivity contribution >= 4 is 21.8 Å². The molecule has 0 aliphatic rings. The van der Waals surface area contributed by atoms with Crippen LogP contribution < -0.4 is 15.4 Å². The van der Waals surface area contributed by atoms with Crippen molar-refractivity contribution in [2.24, 2.45) is 5.92 Å². The van der Waals surface area contributed by atoms with Gasteiger partial charge in [-0.25, -0.2) is 0 Å². The van der Waals surface area contributed by atoms with Crippen LogP contribution in [0.25, 0.3) is 0 Å². The normalized spacial score (nSPS) is 13.4. The zero-order valence-corrected chi connectivity index (χ0v) is 18.6. The van der Waals surface area contributed by atoms with Crippen molar-refractivity contribution in [2.75, 3.05) is 6.54 Å². The summed E-state index contributed by atoms with van der Waals surface area (Å²) in [6.45, 7) is 3.84. The van der Waals surface area contributed by atoms with E-state index in [9.17, 15) is 18.0 Å². The van der Waals surface area contributed by atoms with Crippen LogP contribution in [0, 0.1) is 17.2 Å². The minimum Gasteiger partial charge on any atom is -0.406 e. The van der Waals surface area contributed by atoms with Crippen molar-refractivity contribution in [3.8, 4) is 11.8 Å². The Labute approximate surface area is 187 Å². The molecule has 0 aliphatic carbocycles. The zero-order chi connectivity index (χ0) is 23.0. The number of hydrogen-bond acceptors (Lipinski definition) is 4. The molecule has 0 bridgehead atoms. The van der Waals surface area contributed by atoms with E-state index in [0.717, 1.165) is 10.0 Å². The van der Waals surface area contributed by atoms with Crippen molar-refractivity contribution in [3.05, 3.63) is 64.1 Å². The SMILES string of the molecule is CC(C)C[C@H](N[C@@H](c1ccc(Br)cc1)c1ccc(OC(F)(F)F)cc1)C(=O)NCC#N. The Morgan fingerprint density at radius 2 is 1.65 bits per heavy atom. The number of hydrogen-bond donors (Lipinski definition) is 2. The number of benzene rings is 2. The minimum absolute atomic E-state index is 0.110. The molecule has 2 N–H and O–H groups in total. The van der Waals surface area contributed by atoms with Crippen LogP contribution in [0.5, 0.6) is 5.75 Å². The molecule has 31 heavy (non-hydrogen) atoms. The lowest BCUT2D eigenvalue weighted by molar-refractivity contribution is -0.274. The standard InChI is InChI=1S/C22H23BrF3N3O2/c1-14(2)13-19(21(30)28-12-11-27)29-20(15-3-7-17(23)8-4-15)16-5-9-18(10-6-16)31-22(24,25)26/h3-10,14,19-20,29H,12-13H2,1-2H3,(H,28,30)/t19-,20-/m0/s1. The van der Waals surface area contributed by atoms with E-state index in [1.807, 2.05) is 44.2 Å². The van der Waals surface area contributed by atoms with Gasteiger partial charge in [-0.3, -0.25) is 10.1 Å². The molecule has 0 unspecified atom stereocenters. The molecule has 2 atom stereocenters. The van der Waals surface area contributed by atoms with E-state index in [-0.39, 0.29) is 24.1 Å². The van der Waals surface area contributed by atoms with E-state index in [0.29, 0.717) is 12.0 Å².